The highest BCUT2D eigenvalue weighted by atomic mass is 19.1. The Hall–Kier alpha value is -2.15. The maximum atomic E-state index is 13.4. The van der Waals surface area contributed by atoms with Crippen molar-refractivity contribution in [2.24, 2.45) is 5.73 Å². The van der Waals surface area contributed by atoms with E-state index in [1.54, 1.807) is 17.6 Å². The van der Waals surface area contributed by atoms with Gasteiger partial charge in [0.05, 0.1) is 17.6 Å². The number of ether oxygens (including phenoxy) is 1. The van der Waals surface area contributed by atoms with Crippen LogP contribution in [0.15, 0.2) is 12.1 Å². The number of nitrogens with zero attached hydrogens (tertiary/aromatic N) is 2. The molecular formula is C12H15FN4O2. The number of hydrogen-bond acceptors (Lipinski definition) is 4. The summed E-state index contributed by atoms with van der Waals surface area (Å²) in [6.07, 6.45) is 0. The Morgan fingerprint density at radius 3 is 2.95 bits per heavy atom. The first-order chi connectivity index (χ1) is 8.99. The maximum absolute atomic E-state index is 13.4. The number of fused-ring (bicyclic) bond motifs is 1. The zero-order chi connectivity index (χ0) is 14.0. The summed E-state index contributed by atoms with van der Waals surface area (Å²) in [7, 11) is 0. The molecule has 0 bridgehead atoms. The number of halogens is 1. The number of rotatable bonds is 5. The van der Waals surface area contributed by atoms with Crippen molar-refractivity contribution in [1.82, 2.24) is 9.55 Å². The molecule has 0 spiro atoms. The molecule has 1 amide bonds. The van der Waals surface area contributed by atoms with Crippen LogP contribution >= 0.6 is 0 Å². The fraction of sp³-hybridized carbons (Fsp3) is 0.333. The van der Waals surface area contributed by atoms with Crippen LogP contribution in [-0.2, 0) is 16.1 Å². The van der Waals surface area contributed by atoms with Gasteiger partial charge in [0.25, 0.3) is 0 Å². The standard InChI is InChI=1S/C12H15FN4O2/c1-7-4-10-9(5-8(7)13)16-12(15)17(10)2-3-19-6-11(14)18/h4-5H,2-3,6H2,1H3,(H2,14,18)(H2,15,16). The monoisotopic (exact) mass is 266 g/mol. The lowest BCUT2D eigenvalue weighted by Gasteiger charge is -2.07. The van der Waals surface area contributed by atoms with Gasteiger partial charge in [0.15, 0.2) is 0 Å². The number of aromatic nitrogens is 2. The van der Waals surface area contributed by atoms with Crippen molar-refractivity contribution in [3.8, 4) is 0 Å². The lowest BCUT2D eigenvalue weighted by Crippen LogP contribution is -2.20. The first kappa shape index (κ1) is 13.3. The van der Waals surface area contributed by atoms with E-state index in [0.717, 1.165) is 5.52 Å². The van der Waals surface area contributed by atoms with Crippen LogP contribution in [0.5, 0.6) is 0 Å². The average molecular weight is 266 g/mol. The smallest absolute Gasteiger partial charge is 0.243 e. The first-order valence-electron chi connectivity index (χ1n) is 5.77. The van der Waals surface area contributed by atoms with Crippen LogP contribution in [0.25, 0.3) is 11.0 Å². The Labute approximate surface area is 109 Å². The lowest BCUT2D eigenvalue weighted by molar-refractivity contribution is -0.122. The van der Waals surface area contributed by atoms with Crippen LogP contribution < -0.4 is 11.5 Å². The summed E-state index contributed by atoms with van der Waals surface area (Å²) in [6, 6.07) is 3.03. The van der Waals surface area contributed by atoms with Gasteiger partial charge in [0, 0.05) is 12.6 Å². The van der Waals surface area contributed by atoms with Gasteiger partial charge in [-0.25, -0.2) is 9.37 Å². The summed E-state index contributed by atoms with van der Waals surface area (Å²) in [5.74, 6) is -0.564. The van der Waals surface area contributed by atoms with Gasteiger partial charge in [0.1, 0.15) is 12.4 Å². The van der Waals surface area contributed by atoms with Crippen LogP contribution in [0.1, 0.15) is 5.56 Å². The highest BCUT2D eigenvalue weighted by molar-refractivity contribution is 5.79. The Morgan fingerprint density at radius 2 is 2.26 bits per heavy atom. The van der Waals surface area contributed by atoms with Gasteiger partial charge >= 0.3 is 0 Å². The molecule has 0 aliphatic heterocycles. The Bertz CT molecular complexity index is 624. The largest absolute Gasteiger partial charge is 0.370 e. The van der Waals surface area contributed by atoms with E-state index < -0.39 is 5.91 Å². The molecule has 102 valence electrons. The molecule has 0 fully saturated rings. The van der Waals surface area contributed by atoms with Crippen molar-refractivity contribution < 1.29 is 13.9 Å². The summed E-state index contributed by atoms with van der Waals surface area (Å²) in [6.45, 7) is 2.22. The molecular weight excluding hydrogens is 251 g/mol. The zero-order valence-corrected chi connectivity index (χ0v) is 10.5. The second-order valence-electron chi connectivity index (χ2n) is 4.23. The number of carbonyl (C=O) groups is 1. The quantitative estimate of drug-likeness (QED) is 0.773. The average Bonchev–Trinajstić information content (AvgIpc) is 2.61. The molecule has 1 aromatic carbocycles. The second kappa shape index (κ2) is 5.23. The molecule has 0 saturated heterocycles. The summed E-state index contributed by atoms with van der Waals surface area (Å²) >= 11 is 0. The lowest BCUT2D eigenvalue weighted by atomic mass is 10.2. The van der Waals surface area contributed by atoms with Crippen LogP contribution in [0.2, 0.25) is 0 Å². The summed E-state index contributed by atoms with van der Waals surface area (Å²) in [5.41, 5.74) is 12.5. The van der Waals surface area contributed by atoms with Crippen molar-refractivity contribution in [3.63, 3.8) is 0 Å². The van der Waals surface area contributed by atoms with Crippen LogP contribution in [0.3, 0.4) is 0 Å². The minimum atomic E-state index is -0.527. The number of nitrogens with two attached hydrogens (primary N) is 2. The Balaban J connectivity index is 2.20. The number of hydrogen-bond donors (Lipinski definition) is 2. The van der Waals surface area contributed by atoms with Crippen LogP contribution in [0, 0.1) is 12.7 Å². The van der Waals surface area contributed by atoms with Gasteiger partial charge in [-0.3, -0.25) is 4.79 Å². The van der Waals surface area contributed by atoms with E-state index in [2.05, 4.69) is 4.98 Å². The summed E-state index contributed by atoms with van der Waals surface area (Å²) in [5, 5.41) is 0. The molecule has 4 N–H and O–H groups in total. The molecule has 0 aliphatic carbocycles. The van der Waals surface area contributed by atoms with Gasteiger partial charge in [-0.1, -0.05) is 0 Å². The number of amides is 1. The molecule has 19 heavy (non-hydrogen) atoms. The third-order valence-corrected chi connectivity index (χ3v) is 2.76. The zero-order valence-electron chi connectivity index (χ0n) is 10.5. The minimum Gasteiger partial charge on any atom is -0.370 e. The van der Waals surface area contributed by atoms with E-state index in [4.69, 9.17) is 16.2 Å². The number of aryl methyl sites for hydroxylation is 1. The fourth-order valence-electron chi connectivity index (χ4n) is 1.83. The molecule has 1 aromatic heterocycles. The van der Waals surface area contributed by atoms with Gasteiger partial charge in [-0.15, -0.1) is 0 Å². The number of benzene rings is 1. The van der Waals surface area contributed by atoms with Crippen LogP contribution in [0.4, 0.5) is 10.3 Å². The topological polar surface area (TPSA) is 96.2 Å². The normalized spacial score (nSPS) is 11.1. The third-order valence-electron chi connectivity index (χ3n) is 2.76. The van der Waals surface area contributed by atoms with Gasteiger partial charge in [0.2, 0.25) is 11.9 Å². The molecule has 0 radical (unpaired) electrons. The van der Waals surface area contributed by atoms with Crippen molar-refractivity contribution in [2.75, 3.05) is 18.9 Å². The third kappa shape index (κ3) is 2.82. The molecule has 0 saturated carbocycles. The SMILES string of the molecule is Cc1cc2c(cc1F)nc(N)n2CCOCC(N)=O. The van der Waals surface area contributed by atoms with E-state index >= 15 is 0 Å². The van der Waals surface area contributed by atoms with E-state index in [0.29, 0.717) is 17.6 Å². The molecule has 2 rings (SSSR count). The number of primary amides is 1. The molecule has 0 atom stereocenters. The summed E-state index contributed by atoms with van der Waals surface area (Å²) < 4.78 is 20.2. The summed E-state index contributed by atoms with van der Waals surface area (Å²) in [4.78, 5) is 14.6. The maximum Gasteiger partial charge on any atom is 0.243 e. The highest BCUT2D eigenvalue weighted by Gasteiger charge is 2.10. The van der Waals surface area contributed by atoms with Crippen molar-refractivity contribution in [2.45, 2.75) is 13.5 Å². The fourth-order valence-corrected chi connectivity index (χ4v) is 1.83. The predicted molar refractivity (Wildman–Crippen MR) is 68.9 cm³/mol. The number of nitrogen functional groups attached to an aromatic ring is 1. The van der Waals surface area contributed by atoms with Crippen molar-refractivity contribution in [1.29, 1.82) is 0 Å². The highest BCUT2D eigenvalue weighted by Crippen LogP contribution is 2.21. The van der Waals surface area contributed by atoms with Crippen molar-refractivity contribution >= 4 is 22.9 Å². The van der Waals surface area contributed by atoms with Crippen LogP contribution in [-0.4, -0.2) is 28.7 Å². The minimum absolute atomic E-state index is 0.139. The molecule has 0 unspecified atom stereocenters. The Morgan fingerprint density at radius 1 is 1.53 bits per heavy atom. The van der Waals surface area contributed by atoms with E-state index in [9.17, 15) is 9.18 Å². The second-order valence-corrected chi connectivity index (χ2v) is 4.23. The first-order valence-corrected chi connectivity index (χ1v) is 5.77. The van der Waals surface area contributed by atoms with Crippen molar-refractivity contribution in [3.05, 3.63) is 23.5 Å². The number of imidazole rings is 1. The molecule has 7 heteroatoms. The van der Waals surface area contributed by atoms with E-state index in [1.807, 2.05) is 0 Å². The molecule has 0 aliphatic rings. The number of anilines is 1. The van der Waals surface area contributed by atoms with Gasteiger partial charge in [-0.05, 0) is 18.6 Å². The molecule has 2 aromatic rings. The van der Waals surface area contributed by atoms with E-state index in [1.165, 1.54) is 6.07 Å². The van der Waals surface area contributed by atoms with Gasteiger partial charge in [-0.2, -0.15) is 0 Å². The predicted octanol–water partition coefficient (Wildman–Crippen LogP) is 0.568. The van der Waals surface area contributed by atoms with E-state index in [-0.39, 0.29) is 25.0 Å². The molecule has 1 heterocycles. The van der Waals surface area contributed by atoms with Gasteiger partial charge < -0.3 is 20.8 Å². The Kier molecular flexibility index (Phi) is 3.66. The molecule has 6 nitrogen and oxygen atoms in total. The number of carbonyl (C=O) groups excluding carboxylic acids is 1.